The Labute approximate surface area is 225 Å². The van der Waals surface area contributed by atoms with E-state index in [0.717, 1.165) is 6.07 Å². The molecule has 1 atom stereocenters. The molecule has 10 heteroatoms. The van der Waals surface area contributed by atoms with Crippen molar-refractivity contribution in [3.05, 3.63) is 70.1 Å². The standard InChI is InChI=1S/C29H31F3N2O5/c1-15-23(27(36)34-18-10-8-7-9-17(18)29(30,31)32)24(25-19(33-15)13-28(2,3)14-20(25)35)16-11-21(37-4)26(39-6)22(12-16)38-5/h7-12,24,33H,13-14H2,1-6H3,(H,34,36). The van der Waals surface area contributed by atoms with Gasteiger partial charge in [-0.05, 0) is 48.6 Å². The van der Waals surface area contributed by atoms with Crippen LogP contribution in [-0.2, 0) is 15.8 Å². The molecule has 208 valence electrons. The van der Waals surface area contributed by atoms with Crippen LogP contribution in [0.3, 0.4) is 0 Å². The van der Waals surface area contributed by atoms with Gasteiger partial charge in [-0.3, -0.25) is 9.59 Å². The van der Waals surface area contributed by atoms with E-state index < -0.39 is 23.6 Å². The van der Waals surface area contributed by atoms with Crippen LogP contribution in [0.15, 0.2) is 58.9 Å². The summed E-state index contributed by atoms with van der Waals surface area (Å²) in [5.74, 6) is -0.849. The van der Waals surface area contributed by atoms with Gasteiger partial charge in [0.15, 0.2) is 17.3 Å². The SMILES string of the molecule is COc1cc(C2C(C(=O)Nc3ccccc3C(F)(F)F)=C(C)NC3=C2C(=O)CC(C)(C)C3)cc(OC)c1OC. The monoisotopic (exact) mass is 544 g/mol. The minimum absolute atomic E-state index is 0.119. The third-order valence-corrected chi connectivity index (χ3v) is 6.99. The molecule has 7 nitrogen and oxygen atoms in total. The van der Waals surface area contributed by atoms with Gasteiger partial charge >= 0.3 is 6.18 Å². The Kier molecular flexibility index (Phi) is 7.42. The summed E-state index contributed by atoms with van der Waals surface area (Å²) in [5.41, 5.74) is 0.459. The molecule has 4 rings (SSSR count). The van der Waals surface area contributed by atoms with E-state index in [4.69, 9.17) is 14.2 Å². The molecule has 0 aromatic heterocycles. The number of para-hydroxylation sites is 1. The number of hydrogen-bond donors (Lipinski definition) is 2. The zero-order chi connectivity index (χ0) is 28.7. The highest BCUT2D eigenvalue weighted by Crippen LogP contribution is 2.50. The Morgan fingerprint density at radius 1 is 1.03 bits per heavy atom. The lowest BCUT2D eigenvalue weighted by molar-refractivity contribution is -0.137. The van der Waals surface area contributed by atoms with Crippen molar-refractivity contribution in [3.63, 3.8) is 0 Å². The van der Waals surface area contributed by atoms with Gasteiger partial charge in [0.05, 0.1) is 32.6 Å². The molecule has 39 heavy (non-hydrogen) atoms. The molecule has 2 N–H and O–H groups in total. The Morgan fingerprint density at radius 3 is 2.21 bits per heavy atom. The van der Waals surface area contributed by atoms with Gasteiger partial charge in [-0.2, -0.15) is 13.2 Å². The summed E-state index contributed by atoms with van der Waals surface area (Å²) in [6.07, 6.45) is -3.87. The van der Waals surface area contributed by atoms with Crippen molar-refractivity contribution in [2.24, 2.45) is 5.41 Å². The Hall–Kier alpha value is -3.95. The molecule has 0 fully saturated rings. The maximum atomic E-state index is 13.8. The van der Waals surface area contributed by atoms with Crippen LogP contribution >= 0.6 is 0 Å². The van der Waals surface area contributed by atoms with Gasteiger partial charge in [0.25, 0.3) is 5.91 Å². The van der Waals surface area contributed by atoms with Crippen LogP contribution < -0.4 is 24.8 Å². The maximum Gasteiger partial charge on any atom is 0.418 e. The number of anilines is 1. The molecular formula is C29H31F3N2O5. The molecule has 0 bridgehead atoms. The minimum Gasteiger partial charge on any atom is -0.493 e. The molecule has 2 aliphatic rings. The average Bonchev–Trinajstić information content (AvgIpc) is 2.85. The predicted molar refractivity (Wildman–Crippen MR) is 140 cm³/mol. The van der Waals surface area contributed by atoms with Crippen molar-refractivity contribution in [1.82, 2.24) is 5.32 Å². The number of nitrogens with one attached hydrogen (secondary N) is 2. The van der Waals surface area contributed by atoms with E-state index in [2.05, 4.69) is 10.6 Å². The number of methoxy groups -OCH3 is 3. The number of carbonyl (C=O) groups excluding carboxylic acids is 2. The van der Waals surface area contributed by atoms with E-state index in [1.54, 1.807) is 19.1 Å². The summed E-state index contributed by atoms with van der Waals surface area (Å²) >= 11 is 0. The van der Waals surface area contributed by atoms with Crippen molar-refractivity contribution in [2.75, 3.05) is 26.6 Å². The number of dihydropyridines is 1. The topological polar surface area (TPSA) is 85.9 Å². The second-order valence-corrected chi connectivity index (χ2v) is 10.4. The van der Waals surface area contributed by atoms with Crippen LogP contribution in [-0.4, -0.2) is 33.0 Å². The molecule has 2 aromatic carbocycles. The van der Waals surface area contributed by atoms with Crippen molar-refractivity contribution in [3.8, 4) is 17.2 Å². The highest BCUT2D eigenvalue weighted by atomic mass is 19.4. The zero-order valence-corrected chi connectivity index (χ0v) is 22.6. The lowest BCUT2D eigenvalue weighted by atomic mass is 9.68. The summed E-state index contributed by atoms with van der Waals surface area (Å²) in [6.45, 7) is 5.64. The Morgan fingerprint density at radius 2 is 1.64 bits per heavy atom. The number of carbonyl (C=O) groups is 2. The van der Waals surface area contributed by atoms with Gasteiger partial charge in [-0.1, -0.05) is 26.0 Å². The molecule has 1 heterocycles. The summed E-state index contributed by atoms with van der Waals surface area (Å²) in [5, 5.41) is 5.66. The summed E-state index contributed by atoms with van der Waals surface area (Å²) < 4.78 is 57.5. The number of ketones is 1. The van der Waals surface area contributed by atoms with Gasteiger partial charge in [0.1, 0.15) is 0 Å². The quantitative estimate of drug-likeness (QED) is 0.466. The number of alkyl halides is 3. The first kappa shape index (κ1) is 28.1. The number of allylic oxidation sites excluding steroid dienone is 3. The highest BCUT2D eigenvalue weighted by molar-refractivity contribution is 6.10. The summed E-state index contributed by atoms with van der Waals surface area (Å²) in [6, 6.07) is 8.07. The fraction of sp³-hybridized carbons (Fsp3) is 0.379. The molecule has 1 aliphatic heterocycles. The molecule has 1 unspecified atom stereocenters. The normalized spacial score (nSPS) is 18.8. The van der Waals surface area contributed by atoms with Crippen molar-refractivity contribution >= 4 is 17.4 Å². The van der Waals surface area contributed by atoms with E-state index in [1.165, 1.54) is 39.5 Å². The molecule has 2 aromatic rings. The van der Waals surface area contributed by atoms with Crippen molar-refractivity contribution in [2.45, 2.75) is 45.7 Å². The van der Waals surface area contributed by atoms with Gasteiger partial charge in [-0.25, -0.2) is 0 Å². The summed E-state index contributed by atoms with van der Waals surface area (Å²) in [4.78, 5) is 27.4. The molecule has 0 spiro atoms. The van der Waals surface area contributed by atoms with Crippen LogP contribution in [0.5, 0.6) is 17.2 Å². The number of ether oxygens (including phenoxy) is 3. The fourth-order valence-electron chi connectivity index (χ4n) is 5.37. The lowest BCUT2D eigenvalue weighted by Crippen LogP contribution is -2.39. The third kappa shape index (κ3) is 5.32. The zero-order valence-electron chi connectivity index (χ0n) is 22.6. The average molecular weight is 545 g/mol. The number of halogens is 3. The highest BCUT2D eigenvalue weighted by Gasteiger charge is 2.43. The number of amides is 1. The van der Waals surface area contributed by atoms with Gasteiger partial charge < -0.3 is 24.8 Å². The van der Waals surface area contributed by atoms with Gasteiger partial charge in [0.2, 0.25) is 5.75 Å². The van der Waals surface area contributed by atoms with Gasteiger partial charge in [-0.15, -0.1) is 0 Å². The molecular weight excluding hydrogens is 513 g/mol. The first-order valence-corrected chi connectivity index (χ1v) is 12.3. The number of Topliss-reactive ketones (excluding diaryl/α,β-unsaturated/α-hetero) is 1. The summed E-state index contributed by atoms with van der Waals surface area (Å²) in [7, 11) is 4.36. The van der Waals surface area contributed by atoms with E-state index in [-0.39, 0.29) is 28.9 Å². The molecule has 0 saturated heterocycles. The van der Waals surface area contributed by atoms with Crippen LogP contribution in [0.4, 0.5) is 18.9 Å². The van der Waals surface area contributed by atoms with Crippen LogP contribution in [0.25, 0.3) is 0 Å². The fourth-order valence-corrected chi connectivity index (χ4v) is 5.37. The smallest absolute Gasteiger partial charge is 0.418 e. The van der Waals surface area contributed by atoms with E-state index in [9.17, 15) is 22.8 Å². The number of hydrogen-bond acceptors (Lipinski definition) is 6. The van der Waals surface area contributed by atoms with Crippen LogP contribution in [0.2, 0.25) is 0 Å². The molecule has 1 amide bonds. The van der Waals surface area contributed by atoms with Crippen molar-refractivity contribution in [1.29, 1.82) is 0 Å². The first-order valence-electron chi connectivity index (χ1n) is 12.3. The predicted octanol–water partition coefficient (Wildman–Crippen LogP) is 5.97. The largest absolute Gasteiger partial charge is 0.493 e. The van der Waals surface area contributed by atoms with Crippen molar-refractivity contribution < 1.29 is 37.0 Å². The lowest BCUT2D eigenvalue weighted by Gasteiger charge is -2.39. The second-order valence-electron chi connectivity index (χ2n) is 10.4. The minimum atomic E-state index is -4.67. The van der Waals surface area contributed by atoms with Gasteiger partial charge in [0, 0.05) is 34.9 Å². The Bertz CT molecular complexity index is 1370. The first-order chi connectivity index (χ1) is 18.3. The third-order valence-electron chi connectivity index (χ3n) is 6.99. The van der Waals surface area contributed by atoms with Crippen LogP contribution in [0, 0.1) is 5.41 Å². The number of rotatable bonds is 6. The maximum absolute atomic E-state index is 13.8. The molecule has 0 radical (unpaired) electrons. The molecule has 0 saturated carbocycles. The molecule has 1 aliphatic carbocycles. The van der Waals surface area contributed by atoms with E-state index >= 15 is 0 Å². The van der Waals surface area contributed by atoms with E-state index in [1.807, 2.05) is 13.8 Å². The van der Waals surface area contributed by atoms with Crippen LogP contribution in [0.1, 0.15) is 50.7 Å². The number of benzene rings is 2. The van der Waals surface area contributed by atoms with E-state index in [0.29, 0.717) is 46.2 Å². The Balaban J connectivity index is 1.90. The second kappa shape index (κ2) is 10.3.